The van der Waals surface area contributed by atoms with Crippen LogP contribution in [0.3, 0.4) is 0 Å². The van der Waals surface area contributed by atoms with Crippen molar-refractivity contribution in [2.75, 3.05) is 6.61 Å². The molecular weight excluding hydrogens is 159 g/mol. The Hall–Kier alpha value is -0.290. The first-order valence-electron chi connectivity index (χ1n) is 3.33. The highest BCUT2D eigenvalue weighted by atomic mass is 19.4. The van der Waals surface area contributed by atoms with Gasteiger partial charge in [-0.25, -0.2) is 0 Å². The highest BCUT2D eigenvalue weighted by Crippen LogP contribution is 2.21. The van der Waals surface area contributed by atoms with E-state index in [2.05, 4.69) is 4.74 Å². The average Bonchev–Trinajstić information content (AvgIpc) is 1.85. The van der Waals surface area contributed by atoms with Crippen LogP contribution in [0.4, 0.5) is 13.2 Å². The molecule has 0 bridgehead atoms. The fraction of sp³-hybridized carbons (Fsp3) is 1.00. The highest BCUT2D eigenvalue weighted by Gasteiger charge is 2.40. The van der Waals surface area contributed by atoms with E-state index in [1.54, 1.807) is 6.92 Å². The Morgan fingerprint density at radius 3 is 2.18 bits per heavy atom. The maximum atomic E-state index is 11.8. The molecule has 11 heavy (non-hydrogen) atoms. The first kappa shape index (κ1) is 10.7. The van der Waals surface area contributed by atoms with Crippen molar-refractivity contribution in [3.63, 3.8) is 0 Å². The van der Waals surface area contributed by atoms with Crippen molar-refractivity contribution in [1.82, 2.24) is 0 Å². The van der Waals surface area contributed by atoms with Crippen molar-refractivity contribution < 1.29 is 17.9 Å². The lowest BCUT2D eigenvalue weighted by atomic mass is 10.2. The van der Waals surface area contributed by atoms with E-state index in [0.717, 1.165) is 0 Å². The van der Waals surface area contributed by atoms with E-state index in [9.17, 15) is 13.2 Å². The number of alkyl halides is 3. The molecule has 2 unspecified atom stereocenters. The van der Waals surface area contributed by atoms with Crippen LogP contribution in [0.2, 0.25) is 0 Å². The van der Waals surface area contributed by atoms with Gasteiger partial charge in [0.25, 0.3) is 0 Å². The Balaban J connectivity index is 3.91. The van der Waals surface area contributed by atoms with Gasteiger partial charge in [-0.15, -0.1) is 0 Å². The summed E-state index contributed by atoms with van der Waals surface area (Å²) in [5.41, 5.74) is 4.83. The number of rotatable bonds is 3. The van der Waals surface area contributed by atoms with Crippen molar-refractivity contribution in [2.45, 2.75) is 32.2 Å². The predicted molar refractivity (Wildman–Crippen MR) is 35.1 cm³/mol. The second-order valence-electron chi connectivity index (χ2n) is 2.23. The van der Waals surface area contributed by atoms with Gasteiger partial charge in [-0.05, 0) is 13.8 Å². The van der Waals surface area contributed by atoms with Crippen LogP contribution in [-0.2, 0) is 4.74 Å². The Kier molecular flexibility index (Phi) is 3.82. The zero-order valence-electron chi connectivity index (χ0n) is 6.48. The summed E-state index contributed by atoms with van der Waals surface area (Å²) >= 11 is 0. The highest BCUT2D eigenvalue weighted by molar-refractivity contribution is 4.76. The van der Waals surface area contributed by atoms with Gasteiger partial charge in [-0.1, -0.05) is 0 Å². The molecule has 0 heterocycles. The van der Waals surface area contributed by atoms with Gasteiger partial charge in [-0.2, -0.15) is 13.2 Å². The molecule has 0 saturated heterocycles. The lowest BCUT2D eigenvalue weighted by Gasteiger charge is -2.21. The third-order valence-corrected chi connectivity index (χ3v) is 1.31. The number of hydrogen-bond acceptors (Lipinski definition) is 2. The van der Waals surface area contributed by atoms with E-state index in [1.165, 1.54) is 6.92 Å². The van der Waals surface area contributed by atoms with Crippen molar-refractivity contribution in [3.8, 4) is 0 Å². The SMILES string of the molecule is CCOC(C)C(N)C(F)(F)F. The van der Waals surface area contributed by atoms with Crippen LogP contribution in [0.15, 0.2) is 0 Å². The van der Waals surface area contributed by atoms with Gasteiger partial charge < -0.3 is 10.5 Å². The average molecular weight is 171 g/mol. The molecule has 0 aliphatic rings. The first-order chi connectivity index (χ1) is 4.89. The van der Waals surface area contributed by atoms with Crippen LogP contribution in [0.1, 0.15) is 13.8 Å². The monoisotopic (exact) mass is 171 g/mol. The summed E-state index contributed by atoms with van der Waals surface area (Å²) in [7, 11) is 0. The molecule has 68 valence electrons. The summed E-state index contributed by atoms with van der Waals surface area (Å²) in [5.74, 6) is 0. The second kappa shape index (κ2) is 3.92. The van der Waals surface area contributed by atoms with Crippen molar-refractivity contribution in [1.29, 1.82) is 0 Å². The smallest absolute Gasteiger partial charge is 0.377 e. The molecule has 0 rings (SSSR count). The van der Waals surface area contributed by atoms with Crippen LogP contribution in [-0.4, -0.2) is 24.9 Å². The van der Waals surface area contributed by atoms with Gasteiger partial charge >= 0.3 is 6.18 Å². The van der Waals surface area contributed by atoms with E-state index < -0.39 is 18.3 Å². The maximum absolute atomic E-state index is 11.8. The summed E-state index contributed by atoms with van der Waals surface area (Å²) in [6.07, 6.45) is -5.34. The predicted octanol–water partition coefficient (Wildman–Crippen LogP) is 1.30. The molecule has 2 nitrogen and oxygen atoms in total. The van der Waals surface area contributed by atoms with Crippen molar-refractivity contribution in [3.05, 3.63) is 0 Å². The quantitative estimate of drug-likeness (QED) is 0.694. The minimum atomic E-state index is -4.37. The first-order valence-corrected chi connectivity index (χ1v) is 3.33. The van der Waals surface area contributed by atoms with Crippen LogP contribution in [0.5, 0.6) is 0 Å². The third-order valence-electron chi connectivity index (χ3n) is 1.31. The zero-order chi connectivity index (χ0) is 9.07. The molecule has 0 spiro atoms. The van der Waals surface area contributed by atoms with Gasteiger partial charge in [0, 0.05) is 6.61 Å². The standard InChI is InChI=1S/C6H12F3NO/c1-3-11-4(2)5(10)6(7,8)9/h4-5H,3,10H2,1-2H3. The molecule has 0 amide bonds. The number of hydrogen-bond donors (Lipinski definition) is 1. The molecule has 0 aliphatic carbocycles. The van der Waals surface area contributed by atoms with Gasteiger partial charge in [0.1, 0.15) is 6.04 Å². The van der Waals surface area contributed by atoms with Crippen LogP contribution >= 0.6 is 0 Å². The molecular formula is C6H12F3NO. The van der Waals surface area contributed by atoms with Crippen LogP contribution < -0.4 is 5.73 Å². The van der Waals surface area contributed by atoms with Gasteiger partial charge in [-0.3, -0.25) is 0 Å². The Bertz CT molecular complexity index is 115. The fourth-order valence-electron chi connectivity index (χ4n) is 0.633. The van der Waals surface area contributed by atoms with Crippen LogP contribution in [0, 0.1) is 0 Å². The molecule has 0 radical (unpaired) electrons. The Morgan fingerprint density at radius 1 is 1.45 bits per heavy atom. The van der Waals surface area contributed by atoms with E-state index in [0.29, 0.717) is 0 Å². The largest absolute Gasteiger partial charge is 0.406 e. The maximum Gasteiger partial charge on any atom is 0.406 e. The molecule has 0 aromatic carbocycles. The topological polar surface area (TPSA) is 35.2 Å². The van der Waals surface area contributed by atoms with Crippen molar-refractivity contribution in [2.24, 2.45) is 5.73 Å². The van der Waals surface area contributed by atoms with E-state index in [-0.39, 0.29) is 6.61 Å². The summed E-state index contributed by atoms with van der Waals surface area (Å²) in [4.78, 5) is 0. The number of nitrogens with two attached hydrogens (primary N) is 1. The Labute approximate surface area is 63.5 Å². The van der Waals surface area contributed by atoms with Gasteiger partial charge in [0.15, 0.2) is 0 Å². The van der Waals surface area contributed by atoms with Gasteiger partial charge in [0.2, 0.25) is 0 Å². The number of halogens is 3. The van der Waals surface area contributed by atoms with Gasteiger partial charge in [0.05, 0.1) is 6.10 Å². The molecule has 0 fully saturated rings. The minimum Gasteiger partial charge on any atom is -0.377 e. The molecule has 2 atom stereocenters. The van der Waals surface area contributed by atoms with Crippen LogP contribution in [0.25, 0.3) is 0 Å². The van der Waals surface area contributed by atoms with E-state index >= 15 is 0 Å². The lowest BCUT2D eigenvalue weighted by Crippen LogP contribution is -2.46. The molecule has 0 aliphatic heterocycles. The molecule has 2 N–H and O–H groups in total. The fourth-order valence-corrected chi connectivity index (χ4v) is 0.633. The summed E-state index contributed by atoms with van der Waals surface area (Å²) in [5, 5.41) is 0. The lowest BCUT2D eigenvalue weighted by molar-refractivity contribution is -0.172. The second-order valence-corrected chi connectivity index (χ2v) is 2.23. The molecule has 5 heteroatoms. The summed E-state index contributed by atoms with van der Waals surface area (Å²) in [6, 6.07) is -1.89. The summed E-state index contributed by atoms with van der Waals surface area (Å²) in [6.45, 7) is 3.17. The molecule has 0 saturated carbocycles. The van der Waals surface area contributed by atoms with Crippen molar-refractivity contribution >= 4 is 0 Å². The Morgan fingerprint density at radius 2 is 1.91 bits per heavy atom. The molecule has 0 aromatic heterocycles. The summed E-state index contributed by atoms with van der Waals surface area (Å²) < 4.78 is 40.1. The zero-order valence-corrected chi connectivity index (χ0v) is 6.48. The normalized spacial score (nSPS) is 18.0. The minimum absolute atomic E-state index is 0.241. The number of ether oxygens (including phenoxy) is 1. The third kappa shape index (κ3) is 3.57. The van der Waals surface area contributed by atoms with E-state index in [4.69, 9.17) is 5.73 Å². The van der Waals surface area contributed by atoms with E-state index in [1.807, 2.05) is 0 Å². The molecule has 0 aromatic rings.